The van der Waals surface area contributed by atoms with E-state index in [1.165, 1.54) is 46.5 Å². The van der Waals surface area contributed by atoms with Crippen molar-refractivity contribution < 1.29 is 0 Å². The molecule has 0 fully saturated rings. The van der Waals surface area contributed by atoms with Gasteiger partial charge in [-0.2, -0.15) is 0 Å². The molecular weight excluding hydrogens is 336 g/mol. The van der Waals surface area contributed by atoms with Crippen LogP contribution in [0, 0.1) is 6.92 Å². The number of anilines is 1. The lowest BCUT2D eigenvalue weighted by molar-refractivity contribution is 0.517. The number of aromatic nitrogens is 1. The molecule has 2 heterocycles. The van der Waals surface area contributed by atoms with Crippen LogP contribution in [0.2, 0.25) is 0 Å². The van der Waals surface area contributed by atoms with E-state index in [0.717, 1.165) is 5.69 Å². The Bertz CT molecular complexity index is 935. The van der Waals surface area contributed by atoms with Gasteiger partial charge in [-0.1, -0.05) is 54.2 Å². The van der Waals surface area contributed by atoms with Crippen molar-refractivity contribution in [2.45, 2.75) is 42.5 Å². The van der Waals surface area contributed by atoms with E-state index >= 15 is 0 Å². The molecule has 1 aromatic heterocycles. The fourth-order valence-electron chi connectivity index (χ4n) is 4.28. The maximum atomic E-state index is 4.57. The first-order valence-electron chi connectivity index (χ1n) is 9.35. The molecule has 1 unspecified atom stereocenters. The smallest absolute Gasteiger partial charge is 0.107 e. The largest absolute Gasteiger partial charge is 0.347 e. The highest BCUT2D eigenvalue weighted by molar-refractivity contribution is 8.00. The first kappa shape index (κ1) is 16.0. The van der Waals surface area contributed by atoms with Gasteiger partial charge in [-0.25, -0.2) is 0 Å². The van der Waals surface area contributed by atoms with Gasteiger partial charge >= 0.3 is 0 Å². The van der Waals surface area contributed by atoms with Gasteiger partial charge in [-0.15, -0.1) is 0 Å². The fourth-order valence-corrected chi connectivity index (χ4v) is 5.62. The normalized spacial score (nSPS) is 21.3. The van der Waals surface area contributed by atoms with Crippen LogP contribution in [-0.4, -0.2) is 4.98 Å². The third kappa shape index (κ3) is 2.62. The van der Waals surface area contributed by atoms with Crippen molar-refractivity contribution in [3.05, 3.63) is 89.2 Å². The van der Waals surface area contributed by atoms with Crippen LogP contribution in [-0.2, 0) is 6.42 Å². The lowest BCUT2D eigenvalue weighted by atomic mass is 9.86. The molecule has 130 valence electrons. The van der Waals surface area contributed by atoms with Gasteiger partial charge in [0.25, 0.3) is 0 Å². The highest BCUT2D eigenvalue weighted by Gasteiger charge is 2.38. The second kappa shape index (κ2) is 6.48. The monoisotopic (exact) mass is 358 g/mol. The number of hydrogen-bond acceptors (Lipinski definition) is 3. The molecule has 1 aliphatic carbocycles. The predicted octanol–water partition coefficient (Wildman–Crippen LogP) is 6.08. The number of thioether (sulfide) groups is 1. The molecule has 3 aromatic rings. The molecular formula is C23H22N2S. The molecule has 0 N–H and O–H groups in total. The van der Waals surface area contributed by atoms with E-state index in [4.69, 9.17) is 0 Å². The SMILES string of the molecule is Cc1ccc([C@@H]2Sc3ccccc3N2C2CCCc3ccccc32)cn1. The summed E-state index contributed by atoms with van der Waals surface area (Å²) in [6, 6.07) is 22.6. The van der Waals surface area contributed by atoms with Gasteiger partial charge in [0.05, 0.1) is 11.7 Å². The van der Waals surface area contributed by atoms with E-state index in [0.29, 0.717) is 6.04 Å². The Balaban J connectivity index is 1.63. The minimum absolute atomic E-state index is 0.289. The highest BCUT2D eigenvalue weighted by Crippen LogP contribution is 2.56. The van der Waals surface area contributed by atoms with Crippen molar-refractivity contribution in [1.29, 1.82) is 0 Å². The summed E-state index contributed by atoms with van der Waals surface area (Å²) in [6.45, 7) is 2.05. The second-order valence-corrected chi connectivity index (χ2v) is 8.31. The van der Waals surface area contributed by atoms with Gasteiger partial charge in [-0.3, -0.25) is 4.98 Å². The summed E-state index contributed by atoms with van der Waals surface area (Å²) in [5.41, 5.74) is 6.74. The maximum Gasteiger partial charge on any atom is 0.107 e. The average Bonchev–Trinajstić information content (AvgIpc) is 3.07. The zero-order valence-electron chi connectivity index (χ0n) is 14.9. The van der Waals surface area contributed by atoms with E-state index in [1.807, 2.05) is 11.8 Å². The molecule has 2 nitrogen and oxygen atoms in total. The summed E-state index contributed by atoms with van der Waals surface area (Å²) in [7, 11) is 0. The molecule has 1 aliphatic heterocycles. The number of fused-ring (bicyclic) bond motifs is 2. The summed E-state index contributed by atoms with van der Waals surface area (Å²) in [5, 5.41) is 0.289. The molecule has 0 amide bonds. The molecule has 2 aromatic carbocycles. The van der Waals surface area contributed by atoms with Crippen LogP contribution >= 0.6 is 11.8 Å². The van der Waals surface area contributed by atoms with Gasteiger partial charge in [0.15, 0.2) is 0 Å². The number of hydrogen-bond donors (Lipinski definition) is 0. The summed E-state index contributed by atoms with van der Waals surface area (Å²) in [5.74, 6) is 0. The molecule has 0 radical (unpaired) electrons. The van der Waals surface area contributed by atoms with E-state index in [-0.39, 0.29) is 5.37 Å². The van der Waals surface area contributed by atoms with Gasteiger partial charge in [-0.05, 0) is 55.5 Å². The minimum Gasteiger partial charge on any atom is -0.347 e. The lowest BCUT2D eigenvalue weighted by Crippen LogP contribution is -2.31. The number of rotatable bonds is 2. The molecule has 0 saturated heterocycles. The molecule has 2 atom stereocenters. The zero-order chi connectivity index (χ0) is 17.5. The van der Waals surface area contributed by atoms with Crippen molar-refractivity contribution in [3.8, 4) is 0 Å². The van der Waals surface area contributed by atoms with E-state index in [9.17, 15) is 0 Å². The Morgan fingerprint density at radius 3 is 2.73 bits per heavy atom. The summed E-state index contributed by atoms with van der Waals surface area (Å²) in [4.78, 5) is 8.59. The van der Waals surface area contributed by atoms with E-state index < -0.39 is 0 Å². The van der Waals surface area contributed by atoms with Crippen molar-refractivity contribution in [2.24, 2.45) is 0 Å². The van der Waals surface area contributed by atoms with Crippen LogP contribution in [0.5, 0.6) is 0 Å². The van der Waals surface area contributed by atoms with Crippen molar-refractivity contribution in [2.75, 3.05) is 4.90 Å². The van der Waals surface area contributed by atoms with Crippen LogP contribution in [0.15, 0.2) is 71.8 Å². The fraction of sp³-hybridized carbons (Fsp3) is 0.261. The van der Waals surface area contributed by atoms with Gasteiger partial charge < -0.3 is 4.90 Å². The van der Waals surface area contributed by atoms with E-state index in [2.05, 4.69) is 83.7 Å². The number of nitrogens with zero attached hydrogens (tertiary/aromatic N) is 2. The van der Waals surface area contributed by atoms with Crippen LogP contribution in [0.3, 0.4) is 0 Å². The molecule has 5 rings (SSSR count). The van der Waals surface area contributed by atoms with Crippen LogP contribution < -0.4 is 4.90 Å². The Hall–Kier alpha value is -2.26. The maximum absolute atomic E-state index is 4.57. The number of benzene rings is 2. The predicted molar refractivity (Wildman–Crippen MR) is 109 cm³/mol. The summed E-state index contributed by atoms with van der Waals surface area (Å²) >= 11 is 1.96. The highest BCUT2D eigenvalue weighted by atomic mass is 32.2. The molecule has 0 spiro atoms. The number of para-hydroxylation sites is 1. The average molecular weight is 359 g/mol. The van der Waals surface area contributed by atoms with Crippen LogP contribution in [0.25, 0.3) is 0 Å². The Morgan fingerprint density at radius 1 is 1.00 bits per heavy atom. The summed E-state index contributed by atoms with van der Waals surface area (Å²) < 4.78 is 0. The molecule has 0 saturated carbocycles. The molecule has 2 aliphatic rings. The first-order valence-corrected chi connectivity index (χ1v) is 10.2. The Kier molecular flexibility index (Phi) is 3.97. The van der Waals surface area contributed by atoms with Crippen molar-refractivity contribution in [1.82, 2.24) is 4.98 Å². The second-order valence-electron chi connectivity index (χ2n) is 7.18. The van der Waals surface area contributed by atoms with Crippen LogP contribution in [0.4, 0.5) is 5.69 Å². The standard InChI is InChI=1S/C23H22N2S/c1-16-13-14-18(15-24-16)23-25(21-10-4-5-12-22(21)26-23)20-11-6-8-17-7-2-3-9-19(17)20/h2-5,7,9-10,12-15,20,23H,6,8,11H2,1H3/t20?,23-/m0/s1. The quantitative estimate of drug-likeness (QED) is 0.552. The third-order valence-electron chi connectivity index (χ3n) is 5.53. The zero-order valence-corrected chi connectivity index (χ0v) is 15.7. The van der Waals surface area contributed by atoms with Gasteiger partial charge in [0.2, 0.25) is 0 Å². The first-order chi connectivity index (χ1) is 12.8. The van der Waals surface area contributed by atoms with E-state index in [1.54, 1.807) is 0 Å². The number of aryl methyl sites for hydroxylation is 2. The number of pyridine rings is 1. The topological polar surface area (TPSA) is 16.1 Å². The summed E-state index contributed by atoms with van der Waals surface area (Å²) in [6.07, 6.45) is 5.72. The van der Waals surface area contributed by atoms with Crippen molar-refractivity contribution >= 4 is 17.4 Å². The lowest BCUT2D eigenvalue weighted by Gasteiger charge is -2.38. The third-order valence-corrected chi connectivity index (χ3v) is 6.85. The van der Waals surface area contributed by atoms with Gasteiger partial charge in [0, 0.05) is 22.3 Å². The Labute approximate surface area is 159 Å². The molecule has 26 heavy (non-hydrogen) atoms. The van der Waals surface area contributed by atoms with Crippen LogP contribution in [0.1, 0.15) is 46.6 Å². The molecule has 3 heteroatoms. The van der Waals surface area contributed by atoms with Gasteiger partial charge in [0.1, 0.15) is 5.37 Å². The minimum atomic E-state index is 0.289. The molecule has 0 bridgehead atoms. The van der Waals surface area contributed by atoms with Crippen molar-refractivity contribution in [3.63, 3.8) is 0 Å². The Morgan fingerprint density at radius 2 is 1.85 bits per heavy atom.